The SMILES string of the molecule is Cc1csc(N2CCCN(C(=O)CCc3c(-c4ccccc4)[nH]c4ccc(F)cc34)CC2)n1. The summed E-state index contributed by atoms with van der Waals surface area (Å²) in [5, 5.41) is 3.95. The van der Waals surface area contributed by atoms with Crippen LogP contribution in [0.25, 0.3) is 22.2 Å². The van der Waals surface area contributed by atoms with Crippen LogP contribution in [0.3, 0.4) is 0 Å². The fraction of sp³-hybridized carbons (Fsp3) is 0.308. The monoisotopic (exact) mass is 462 g/mol. The molecule has 4 aromatic rings. The Kier molecular flexibility index (Phi) is 6.13. The second kappa shape index (κ2) is 9.35. The van der Waals surface area contributed by atoms with Crippen molar-refractivity contribution in [3.8, 4) is 11.3 Å². The number of carbonyl (C=O) groups is 1. The summed E-state index contributed by atoms with van der Waals surface area (Å²) in [6, 6.07) is 14.8. The Morgan fingerprint density at radius 2 is 1.97 bits per heavy atom. The highest BCUT2D eigenvalue weighted by Crippen LogP contribution is 2.32. The van der Waals surface area contributed by atoms with Crippen molar-refractivity contribution in [3.05, 3.63) is 71.0 Å². The van der Waals surface area contributed by atoms with Gasteiger partial charge in [0, 0.05) is 54.6 Å². The zero-order chi connectivity index (χ0) is 22.8. The number of nitrogens with zero attached hydrogens (tertiary/aromatic N) is 3. The number of nitrogens with one attached hydrogen (secondary N) is 1. The van der Waals surface area contributed by atoms with E-state index in [0.717, 1.165) is 64.6 Å². The van der Waals surface area contributed by atoms with Gasteiger partial charge < -0.3 is 14.8 Å². The van der Waals surface area contributed by atoms with E-state index in [2.05, 4.69) is 20.2 Å². The molecule has 5 rings (SSSR count). The molecule has 1 saturated heterocycles. The lowest BCUT2D eigenvalue weighted by Crippen LogP contribution is -2.35. The molecule has 33 heavy (non-hydrogen) atoms. The van der Waals surface area contributed by atoms with Crippen molar-refractivity contribution >= 4 is 33.3 Å². The van der Waals surface area contributed by atoms with Gasteiger partial charge in [0.1, 0.15) is 5.82 Å². The van der Waals surface area contributed by atoms with E-state index in [4.69, 9.17) is 0 Å². The molecule has 1 aliphatic heterocycles. The number of hydrogen-bond donors (Lipinski definition) is 1. The van der Waals surface area contributed by atoms with Crippen LogP contribution in [0.4, 0.5) is 9.52 Å². The number of rotatable bonds is 5. The summed E-state index contributed by atoms with van der Waals surface area (Å²) in [4.78, 5) is 25.4. The minimum Gasteiger partial charge on any atom is -0.354 e. The Labute approximate surface area is 196 Å². The number of H-pyrrole nitrogens is 1. The lowest BCUT2D eigenvalue weighted by molar-refractivity contribution is -0.130. The lowest BCUT2D eigenvalue weighted by atomic mass is 10.0. The fourth-order valence-electron chi connectivity index (χ4n) is 4.57. The summed E-state index contributed by atoms with van der Waals surface area (Å²) in [6.45, 7) is 5.18. The van der Waals surface area contributed by atoms with Gasteiger partial charge in [-0.15, -0.1) is 11.3 Å². The van der Waals surface area contributed by atoms with Crippen LogP contribution in [0, 0.1) is 12.7 Å². The molecule has 1 aliphatic rings. The van der Waals surface area contributed by atoms with Crippen molar-refractivity contribution in [2.24, 2.45) is 0 Å². The number of hydrogen-bond acceptors (Lipinski definition) is 4. The van der Waals surface area contributed by atoms with E-state index in [1.807, 2.05) is 42.2 Å². The van der Waals surface area contributed by atoms with Gasteiger partial charge in [-0.25, -0.2) is 9.37 Å². The van der Waals surface area contributed by atoms with Gasteiger partial charge in [-0.05, 0) is 49.1 Å². The molecule has 0 atom stereocenters. The number of carbonyl (C=O) groups excluding carboxylic acids is 1. The van der Waals surface area contributed by atoms with Gasteiger partial charge in [-0.1, -0.05) is 30.3 Å². The van der Waals surface area contributed by atoms with E-state index < -0.39 is 0 Å². The normalized spacial score (nSPS) is 14.6. The largest absolute Gasteiger partial charge is 0.354 e. The van der Waals surface area contributed by atoms with Gasteiger partial charge >= 0.3 is 0 Å². The van der Waals surface area contributed by atoms with Gasteiger partial charge in [0.25, 0.3) is 0 Å². The highest BCUT2D eigenvalue weighted by molar-refractivity contribution is 7.13. The van der Waals surface area contributed by atoms with Crippen LogP contribution in [0.5, 0.6) is 0 Å². The van der Waals surface area contributed by atoms with Crippen molar-refractivity contribution in [3.63, 3.8) is 0 Å². The second-order valence-electron chi connectivity index (χ2n) is 8.53. The number of aryl methyl sites for hydroxylation is 2. The number of aromatic nitrogens is 2. The average molecular weight is 463 g/mol. The van der Waals surface area contributed by atoms with Crippen molar-refractivity contribution in [1.29, 1.82) is 0 Å². The fourth-order valence-corrected chi connectivity index (χ4v) is 5.42. The van der Waals surface area contributed by atoms with Crippen LogP contribution in [-0.4, -0.2) is 47.0 Å². The summed E-state index contributed by atoms with van der Waals surface area (Å²) in [5.74, 6) is -0.115. The third-order valence-corrected chi connectivity index (χ3v) is 7.26. The van der Waals surface area contributed by atoms with Crippen molar-refractivity contribution in [2.75, 3.05) is 31.1 Å². The van der Waals surface area contributed by atoms with Gasteiger partial charge in [-0.2, -0.15) is 0 Å². The Morgan fingerprint density at radius 3 is 2.76 bits per heavy atom. The quantitative estimate of drug-likeness (QED) is 0.431. The lowest BCUT2D eigenvalue weighted by Gasteiger charge is -2.22. The Balaban J connectivity index is 1.32. The van der Waals surface area contributed by atoms with E-state index in [-0.39, 0.29) is 11.7 Å². The highest BCUT2D eigenvalue weighted by Gasteiger charge is 2.22. The number of thiazole rings is 1. The molecule has 170 valence electrons. The average Bonchev–Trinajstić information content (AvgIpc) is 3.32. The molecule has 0 unspecified atom stereocenters. The van der Waals surface area contributed by atoms with E-state index in [1.54, 1.807) is 23.5 Å². The van der Waals surface area contributed by atoms with Gasteiger partial charge in [0.2, 0.25) is 5.91 Å². The first-order chi connectivity index (χ1) is 16.1. The first-order valence-electron chi connectivity index (χ1n) is 11.4. The van der Waals surface area contributed by atoms with Crippen LogP contribution in [0.2, 0.25) is 0 Å². The number of anilines is 1. The Hall–Kier alpha value is -3.19. The highest BCUT2D eigenvalue weighted by atomic mass is 32.1. The zero-order valence-corrected chi connectivity index (χ0v) is 19.5. The number of benzene rings is 2. The smallest absolute Gasteiger partial charge is 0.222 e. The molecule has 0 aliphatic carbocycles. The standard InChI is InChI=1S/C26H27FN4OS/c1-18-17-33-26(28-18)31-13-5-12-30(14-15-31)24(32)11-9-21-22-16-20(27)8-10-23(22)29-25(21)19-6-3-2-4-7-19/h2-4,6-8,10,16-17,29H,5,9,11-15H2,1H3. The van der Waals surface area contributed by atoms with Crippen LogP contribution in [0.15, 0.2) is 53.9 Å². The number of aromatic amines is 1. The van der Waals surface area contributed by atoms with Crippen LogP contribution >= 0.6 is 11.3 Å². The summed E-state index contributed by atoms with van der Waals surface area (Å²) in [7, 11) is 0. The number of amides is 1. The molecule has 5 nitrogen and oxygen atoms in total. The minimum absolute atomic E-state index is 0.150. The zero-order valence-electron chi connectivity index (χ0n) is 18.7. The molecule has 0 saturated carbocycles. The van der Waals surface area contributed by atoms with E-state index in [1.165, 1.54) is 6.07 Å². The van der Waals surface area contributed by atoms with Crippen LogP contribution in [0.1, 0.15) is 24.1 Å². The molecular weight excluding hydrogens is 435 g/mol. The third-order valence-electron chi connectivity index (χ3n) is 6.25. The first-order valence-corrected chi connectivity index (χ1v) is 12.3. The second-order valence-corrected chi connectivity index (χ2v) is 9.36. The van der Waals surface area contributed by atoms with Crippen molar-refractivity contribution < 1.29 is 9.18 Å². The molecule has 2 aromatic heterocycles. The maximum Gasteiger partial charge on any atom is 0.222 e. The molecule has 1 amide bonds. The number of fused-ring (bicyclic) bond motifs is 1. The maximum atomic E-state index is 14.0. The summed E-state index contributed by atoms with van der Waals surface area (Å²) in [5.41, 5.74) is 4.93. The molecule has 1 fully saturated rings. The van der Waals surface area contributed by atoms with E-state index in [0.29, 0.717) is 19.4 Å². The van der Waals surface area contributed by atoms with E-state index >= 15 is 0 Å². The maximum absolute atomic E-state index is 14.0. The Bertz CT molecular complexity index is 1270. The van der Waals surface area contributed by atoms with Gasteiger partial charge in [-0.3, -0.25) is 4.79 Å². The predicted octanol–water partition coefficient (Wildman–Crippen LogP) is 5.41. The summed E-state index contributed by atoms with van der Waals surface area (Å²) >= 11 is 1.66. The molecular formula is C26H27FN4OS. The number of halogens is 1. The first kappa shape index (κ1) is 21.6. The topological polar surface area (TPSA) is 52.2 Å². The van der Waals surface area contributed by atoms with E-state index in [9.17, 15) is 9.18 Å². The molecule has 0 radical (unpaired) electrons. The third kappa shape index (κ3) is 4.64. The predicted molar refractivity (Wildman–Crippen MR) is 132 cm³/mol. The minimum atomic E-state index is -0.265. The molecule has 0 bridgehead atoms. The molecule has 3 heterocycles. The molecule has 2 aromatic carbocycles. The molecule has 0 spiro atoms. The molecule has 1 N–H and O–H groups in total. The van der Waals surface area contributed by atoms with Gasteiger partial charge in [0.15, 0.2) is 5.13 Å². The summed E-state index contributed by atoms with van der Waals surface area (Å²) in [6.07, 6.45) is 1.90. The summed E-state index contributed by atoms with van der Waals surface area (Å²) < 4.78 is 14.0. The van der Waals surface area contributed by atoms with Crippen LogP contribution < -0.4 is 4.90 Å². The van der Waals surface area contributed by atoms with Gasteiger partial charge in [0.05, 0.1) is 5.69 Å². The van der Waals surface area contributed by atoms with Crippen molar-refractivity contribution in [1.82, 2.24) is 14.9 Å². The Morgan fingerprint density at radius 1 is 1.12 bits per heavy atom. The van der Waals surface area contributed by atoms with Crippen molar-refractivity contribution in [2.45, 2.75) is 26.2 Å². The molecule has 7 heteroatoms. The van der Waals surface area contributed by atoms with Crippen LogP contribution in [-0.2, 0) is 11.2 Å².